The summed E-state index contributed by atoms with van der Waals surface area (Å²) in [6.45, 7) is 6.09. The van der Waals surface area contributed by atoms with Crippen LogP contribution in [0.1, 0.15) is 44.0 Å². The molecule has 6 nitrogen and oxygen atoms in total. The van der Waals surface area contributed by atoms with E-state index in [0.717, 1.165) is 0 Å². The van der Waals surface area contributed by atoms with E-state index in [0.29, 0.717) is 29.9 Å². The van der Waals surface area contributed by atoms with E-state index in [1.807, 2.05) is 20.8 Å². The number of methoxy groups -OCH3 is 2. The lowest BCUT2D eigenvalue weighted by molar-refractivity contribution is -0.139. The fraction of sp³-hybridized carbons (Fsp3) is 0.529. The quantitative estimate of drug-likeness (QED) is 0.806. The molecule has 0 aliphatic heterocycles. The zero-order valence-corrected chi connectivity index (χ0v) is 14.3. The largest absolute Gasteiger partial charge is 0.493 e. The second-order valence-corrected chi connectivity index (χ2v) is 6.53. The summed E-state index contributed by atoms with van der Waals surface area (Å²) in [6.07, 6.45) is 1.06. The van der Waals surface area contributed by atoms with Crippen LogP contribution in [0.4, 0.5) is 0 Å². The smallest absolute Gasteiger partial charge is 0.326 e. The Morgan fingerprint density at radius 2 is 1.78 bits per heavy atom. The van der Waals surface area contributed by atoms with Crippen molar-refractivity contribution in [2.75, 3.05) is 14.2 Å². The first-order valence-electron chi connectivity index (χ1n) is 7.43. The molecule has 1 aromatic carbocycles. The third kappa shape index (κ3) is 5.81. The summed E-state index contributed by atoms with van der Waals surface area (Å²) in [5, 5.41) is 11.8. The second kappa shape index (κ2) is 7.85. The number of benzene rings is 1. The molecular formula is C17H25NO5. The average Bonchev–Trinajstić information content (AvgIpc) is 2.49. The van der Waals surface area contributed by atoms with E-state index in [2.05, 4.69) is 5.32 Å². The molecule has 0 spiro atoms. The van der Waals surface area contributed by atoms with Crippen molar-refractivity contribution in [3.8, 4) is 11.5 Å². The molecule has 0 aliphatic carbocycles. The summed E-state index contributed by atoms with van der Waals surface area (Å²) >= 11 is 0. The topological polar surface area (TPSA) is 84.9 Å². The van der Waals surface area contributed by atoms with E-state index in [-0.39, 0.29) is 5.41 Å². The van der Waals surface area contributed by atoms with E-state index >= 15 is 0 Å². The van der Waals surface area contributed by atoms with Crippen molar-refractivity contribution in [1.29, 1.82) is 0 Å². The first kappa shape index (κ1) is 18.8. The van der Waals surface area contributed by atoms with Crippen LogP contribution in [0.5, 0.6) is 11.5 Å². The van der Waals surface area contributed by atoms with Crippen molar-refractivity contribution < 1.29 is 24.2 Å². The molecule has 0 saturated heterocycles. The molecule has 1 amide bonds. The van der Waals surface area contributed by atoms with Gasteiger partial charge in [0.25, 0.3) is 5.91 Å². The fourth-order valence-electron chi connectivity index (χ4n) is 2.05. The van der Waals surface area contributed by atoms with Gasteiger partial charge in [0.15, 0.2) is 11.5 Å². The highest BCUT2D eigenvalue weighted by atomic mass is 16.5. The van der Waals surface area contributed by atoms with Crippen LogP contribution in [0, 0.1) is 5.41 Å². The fourth-order valence-corrected chi connectivity index (χ4v) is 2.05. The maximum Gasteiger partial charge on any atom is 0.326 e. The van der Waals surface area contributed by atoms with Crippen molar-refractivity contribution in [3.05, 3.63) is 23.8 Å². The molecule has 23 heavy (non-hydrogen) atoms. The Bertz CT molecular complexity index is 563. The maximum atomic E-state index is 12.3. The number of hydrogen-bond acceptors (Lipinski definition) is 4. The monoisotopic (exact) mass is 323 g/mol. The lowest BCUT2D eigenvalue weighted by Crippen LogP contribution is -2.41. The molecule has 0 bridgehead atoms. The van der Waals surface area contributed by atoms with Crippen LogP contribution in [0.3, 0.4) is 0 Å². The number of hydrogen-bond donors (Lipinski definition) is 2. The zero-order valence-electron chi connectivity index (χ0n) is 14.3. The molecule has 1 unspecified atom stereocenters. The number of carboxylic acids is 1. The Kier molecular flexibility index (Phi) is 6.42. The summed E-state index contributed by atoms with van der Waals surface area (Å²) in [7, 11) is 2.98. The van der Waals surface area contributed by atoms with Gasteiger partial charge in [0.2, 0.25) is 0 Å². The van der Waals surface area contributed by atoms with Crippen LogP contribution < -0.4 is 14.8 Å². The van der Waals surface area contributed by atoms with Gasteiger partial charge in [0, 0.05) is 5.56 Å². The van der Waals surface area contributed by atoms with Crippen LogP contribution in [0.15, 0.2) is 18.2 Å². The van der Waals surface area contributed by atoms with Crippen molar-refractivity contribution >= 4 is 11.9 Å². The van der Waals surface area contributed by atoms with Gasteiger partial charge in [-0.2, -0.15) is 0 Å². The Morgan fingerprint density at radius 1 is 1.17 bits per heavy atom. The lowest BCUT2D eigenvalue weighted by Gasteiger charge is -2.21. The van der Waals surface area contributed by atoms with Crippen LogP contribution in [0.2, 0.25) is 0 Å². The zero-order chi connectivity index (χ0) is 17.6. The molecule has 128 valence electrons. The predicted molar refractivity (Wildman–Crippen MR) is 87.1 cm³/mol. The number of carbonyl (C=O) groups is 2. The summed E-state index contributed by atoms with van der Waals surface area (Å²) in [4.78, 5) is 23.6. The van der Waals surface area contributed by atoms with Crippen LogP contribution in [0.25, 0.3) is 0 Å². The van der Waals surface area contributed by atoms with Crippen LogP contribution >= 0.6 is 0 Å². The normalized spacial score (nSPS) is 12.4. The van der Waals surface area contributed by atoms with Crippen molar-refractivity contribution in [3.63, 3.8) is 0 Å². The Labute approximate surface area is 136 Å². The third-order valence-corrected chi connectivity index (χ3v) is 3.43. The molecule has 6 heteroatoms. The van der Waals surface area contributed by atoms with Crippen molar-refractivity contribution in [2.45, 2.75) is 39.7 Å². The van der Waals surface area contributed by atoms with Gasteiger partial charge >= 0.3 is 5.97 Å². The molecule has 0 aromatic heterocycles. The third-order valence-electron chi connectivity index (χ3n) is 3.43. The highest BCUT2D eigenvalue weighted by molar-refractivity contribution is 5.97. The summed E-state index contributed by atoms with van der Waals surface area (Å²) in [6, 6.07) is 3.78. The van der Waals surface area contributed by atoms with Crippen LogP contribution in [-0.2, 0) is 4.79 Å². The highest BCUT2D eigenvalue weighted by Crippen LogP contribution is 2.27. The molecule has 1 atom stereocenters. The molecule has 1 aromatic rings. The second-order valence-electron chi connectivity index (χ2n) is 6.53. The molecule has 2 N–H and O–H groups in total. The minimum atomic E-state index is -1.04. The Hall–Kier alpha value is -2.24. The van der Waals surface area contributed by atoms with Gasteiger partial charge in [0.05, 0.1) is 14.2 Å². The van der Waals surface area contributed by atoms with Gasteiger partial charge in [-0.1, -0.05) is 20.8 Å². The first-order valence-corrected chi connectivity index (χ1v) is 7.43. The number of carbonyl (C=O) groups excluding carboxylic acids is 1. The minimum absolute atomic E-state index is 0.00175. The molecule has 0 radical (unpaired) electrons. The maximum absolute atomic E-state index is 12.3. The summed E-state index contributed by atoms with van der Waals surface area (Å²) in [5.74, 6) is -0.566. The molecule has 1 rings (SSSR count). The van der Waals surface area contributed by atoms with E-state index in [1.54, 1.807) is 12.1 Å². The summed E-state index contributed by atoms with van der Waals surface area (Å²) < 4.78 is 10.3. The van der Waals surface area contributed by atoms with Crippen molar-refractivity contribution in [1.82, 2.24) is 5.32 Å². The molecule has 0 aliphatic rings. The Morgan fingerprint density at radius 3 is 2.26 bits per heavy atom. The SMILES string of the molecule is COc1ccc(C(=O)NC(CCC(C)(C)C)C(=O)O)cc1OC. The van der Waals surface area contributed by atoms with Gasteiger partial charge < -0.3 is 19.9 Å². The first-order chi connectivity index (χ1) is 10.7. The number of amides is 1. The van der Waals surface area contributed by atoms with Gasteiger partial charge in [-0.3, -0.25) is 4.79 Å². The molecule has 0 heterocycles. The van der Waals surface area contributed by atoms with Crippen LogP contribution in [-0.4, -0.2) is 37.2 Å². The number of ether oxygens (including phenoxy) is 2. The highest BCUT2D eigenvalue weighted by Gasteiger charge is 2.23. The minimum Gasteiger partial charge on any atom is -0.493 e. The lowest BCUT2D eigenvalue weighted by atomic mass is 9.88. The van der Waals surface area contributed by atoms with Gasteiger partial charge in [-0.25, -0.2) is 4.79 Å². The Balaban J connectivity index is 2.84. The molecule has 0 fully saturated rings. The number of nitrogens with one attached hydrogen (secondary N) is 1. The van der Waals surface area contributed by atoms with Crippen molar-refractivity contribution in [2.24, 2.45) is 5.41 Å². The average molecular weight is 323 g/mol. The number of aliphatic carboxylic acids is 1. The molecule has 0 saturated carbocycles. The van der Waals surface area contributed by atoms with Gasteiger partial charge in [-0.05, 0) is 36.5 Å². The predicted octanol–water partition coefficient (Wildman–Crippen LogP) is 2.71. The van der Waals surface area contributed by atoms with E-state index < -0.39 is 17.9 Å². The van der Waals surface area contributed by atoms with E-state index in [1.165, 1.54) is 20.3 Å². The van der Waals surface area contributed by atoms with E-state index in [4.69, 9.17) is 9.47 Å². The number of carboxylic acid groups (broad SMARTS) is 1. The van der Waals surface area contributed by atoms with E-state index in [9.17, 15) is 14.7 Å². The standard InChI is InChI=1S/C17H25NO5/c1-17(2,3)9-8-12(16(20)21)18-15(19)11-6-7-13(22-4)14(10-11)23-5/h6-7,10,12H,8-9H2,1-5H3,(H,18,19)(H,20,21). The summed E-state index contributed by atoms with van der Waals surface area (Å²) in [5.41, 5.74) is 0.326. The molecular weight excluding hydrogens is 298 g/mol. The number of rotatable bonds is 7. The van der Waals surface area contributed by atoms with Gasteiger partial charge in [-0.15, -0.1) is 0 Å². The van der Waals surface area contributed by atoms with Gasteiger partial charge in [0.1, 0.15) is 6.04 Å².